The Hall–Kier alpha value is -1.44. The number of carboxylic acids is 2. The summed E-state index contributed by atoms with van der Waals surface area (Å²) in [5, 5.41) is 18.0. The lowest BCUT2D eigenvalue weighted by Crippen LogP contribution is -2.03. The highest BCUT2D eigenvalue weighted by atomic mass is 79.9. The summed E-state index contributed by atoms with van der Waals surface area (Å²) < 4.78 is 1.19. The van der Waals surface area contributed by atoms with Gasteiger partial charge in [0.05, 0.1) is 17.4 Å². The first-order chi connectivity index (χ1) is 16.5. The quantitative estimate of drug-likeness (QED) is 0.141. The third-order valence-corrected chi connectivity index (χ3v) is 8.89. The first-order valence-electron chi connectivity index (χ1n) is 11.9. The Morgan fingerprint density at radius 1 is 0.735 bits per heavy atom. The van der Waals surface area contributed by atoms with Crippen LogP contribution in [0.15, 0.2) is 53.0 Å². The van der Waals surface area contributed by atoms with Gasteiger partial charge in [-0.3, -0.25) is 9.59 Å². The van der Waals surface area contributed by atoms with E-state index >= 15 is 0 Å². The average molecular weight is 568 g/mol. The van der Waals surface area contributed by atoms with Crippen LogP contribution >= 0.6 is 39.5 Å². The van der Waals surface area contributed by atoms with E-state index in [1.54, 1.807) is 23.5 Å². The van der Waals surface area contributed by atoms with Crippen LogP contribution in [-0.2, 0) is 22.4 Å². The number of aliphatic carboxylic acids is 2. The molecular weight excluding hydrogens is 532 g/mol. The van der Waals surface area contributed by atoms with Crippen molar-refractivity contribution in [3.63, 3.8) is 0 Å². The van der Waals surface area contributed by atoms with E-state index < -0.39 is 11.9 Å². The van der Waals surface area contributed by atoms with Gasteiger partial charge in [-0.2, -0.15) is 0 Å². The van der Waals surface area contributed by atoms with Gasteiger partial charge in [0.15, 0.2) is 0 Å². The van der Waals surface area contributed by atoms with Crippen LogP contribution in [0.2, 0.25) is 0 Å². The van der Waals surface area contributed by atoms with Crippen molar-refractivity contribution in [1.82, 2.24) is 0 Å². The summed E-state index contributed by atoms with van der Waals surface area (Å²) in [6.45, 7) is 0. The van der Waals surface area contributed by atoms with Gasteiger partial charge in [-0.15, -0.1) is 23.5 Å². The lowest BCUT2D eigenvalue weighted by atomic mass is 10.0. The van der Waals surface area contributed by atoms with E-state index in [1.165, 1.54) is 48.8 Å². The molecule has 0 atom stereocenters. The van der Waals surface area contributed by atoms with E-state index in [-0.39, 0.29) is 17.4 Å². The SMILES string of the molecule is O=C(O)CCSC(SCCC(=O)O)c1ccccc1CCCCCCCCc1ccc(Br)cc1. The first kappa shape index (κ1) is 28.8. The van der Waals surface area contributed by atoms with E-state index in [1.807, 2.05) is 6.07 Å². The summed E-state index contributed by atoms with van der Waals surface area (Å²) in [4.78, 5) is 21.9. The molecular formula is C27H35BrO4S2. The van der Waals surface area contributed by atoms with E-state index in [0.717, 1.165) is 23.7 Å². The minimum Gasteiger partial charge on any atom is -0.481 e. The van der Waals surface area contributed by atoms with Gasteiger partial charge >= 0.3 is 11.9 Å². The largest absolute Gasteiger partial charge is 0.481 e. The monoisotopic (exact) mass is 566 g/mol. The predicted octanol–water partition coefficient (Wildman–Crippen LogP) is 7.99. The Labute approximate surface area is 220 Å². The fourth-order valence-electron chi connectivity index (χ4n) is 3.73. The summed E-state index contributed by atoms with van der Waals surface area (Å²) in [5.41, 5.74) is 3.91. The van der Waals surface area contributed by atoms with E-state index in [9.17, 15) is 9.59 Å². The van der Waals surface area contributed by atoms with Crippen molar-refractivity contribution >= 4 is 51.4 Å². The summed E-state index contributed by atoms with van der Waals surface area (Å²) in [6.07, 6.45) is 9.71. The molecule has 0 aliphatic carbocycles. The number of carbonyl (C=O) groups is 2. The number of hydrogen-bond donors (Lipinski definition) is 2. The number of aryl methyl sites for hydroxylation is 2. The summed E-state index contributed by atoms with van der Waals surface area (Å²) >= 11 is 6.69. The van der Waals surface area contributed by atoms with Crippen molar-refractivity contribution in [2.75, 3.05) is 11.5 Å². The van der Waals surface area contributed by atoms with Crippen LogP contribution < -0.4 is 0 Å². The van der Waals surface area contributed by atoms with Gasteiger partial charge in [-0.25, -0.2) is 0 Å². The van der Waals surface area contributed by atoms with Crippen LogP contribution in [0.5, 0.6) is 0 Å². The van der Waals surface area contributed by atoms with Gasteiger partial charge in [0.2, 0.25) is 0 Å². The molecule has 4 nitrogen and oxygen atoms in total. The molecule has 0 fully saturated rings. The second-order valence-corrected chi connectivity index (χ2v) is 11.9. The van der Waals surface area contributed by atoms with Crippen molar-refractivity contribution in [3.8, 4) is 0 Å². The molecule has 0 bridgehead atoms. The van der Waals surface area contributed by atoms with E-state index in [4.69, 9.17) is 10.2 Å². The lowest BCUT2D eigenvalue weighted by molar-refractivity contribution is -0.137. The summed E-state index contributed by atoms with van der Waals surface area (Å²) in [6, 6.07) is 16.9. The molecule has 7 heteroatoms. The smallest absolute Gasteiger partial charge is 0.304 e. The lowest BCUT2D eigenvalue weighted by Gasteiger charge is -2.20. The molecule has 0 aliphatic heterocycles. The number of carboxylic acid groups (broad SMARTS) is 2. The Morgan fingerprint density at radius 2 is 1.26 bits per heavy atom. The normalized spacial score (nSPS) is 11.1. The number of rotatable bonds is 18. The van der Waals surface area contributed by atoms with Gasteiger partial charge in [0.25, 0.3) is 0 Å². The number of unbranched alkanes of at least 4 members (excludes halogenated alkanes) is 5. The number of halogens is 1. The molecule has 0 spiro atoms. The zero-order valence-corrected chi connectivity index (χ0v) is 22.8. The zero-order valence-electron chi connectivity index (χ0n) is 19.6. The number of benzene rings is 2. The molecule has 2 N–H and O–H groups in total. The van der Waals surface area contributed by atoms with Gasteiger partial charge in [-0.1, -0.05) is 78.0 Å². The fourth-order valence-corrected chi connectivity index (χ4v) is 6.79. The molecule has 0 aromatic heterocycles. The van der Waals surface area contributed by atoms with Crippen LogP contribution in [0, 0.1) is 0 Å². The molecule has 34 heavy (non-hydrogen) atoms. The Bertz CT molecular complexity index is 853. The van der Waals surface area contributed by atoms with Crippen molar-refractivity contribution in [2.24, 2.45) is 0 Å². The molecule has 0 radical (unpaired) electrons. The maximum Gasteiger partial charge on any atom is 0.304 e. The minimum absolute atomic E-state index is 0.0634. The molecule has 0 saturated carbocycles. The summed E-state index contributed by atoms with van der Waals surface area (Å²) in [5.74, 6) is -0.553. The third kappa shape index (κ3) is 12.3. The van der Waals surface area contributed by atoms with E-state index in [0.29, 0.717) is 11.5 Å². The van der Waals surface area contributed by atoms with Crippen LogP contribution in [0.4, 0.5) is 0 Å². The van der Waals surface area contributed by atoms with Gasteiger partial charge < -0.3 is 10.2 Å². The Kier molecular flexibility index (Phi) is 14.5. The number of hydrogen-bond acceptors (Lipinski definition) is 4. The Morgan fingerprint density at radius 3 is 1.85 bits per heavy atom. The first-order valence-corrected chi connectivity index (χ1v) is 14.8. The van der Waals surface area contributed by atoms with Gasteiger partial charge in [0, 0.05) is 16.0 Å². The molecule has 2 aromatic carbocycles. The van der Waals surface area contributed by atoms with Crippen molar-refractivity contribution < 1.29 is 19.8 Å². The van der Waals surface area contributed by atoms with Crippen molar-refractivity contribution in [1.29, 1.82) is 0 Å². The Balaban J connectivity index is 1.75. The molecule has 0 saturated heterocycles. The average Bonchev–Trinajstić information content (AvgIpc) is 2.81. The van der Waals surface area contributed by atoms with E-state index in [2.05, 4.69) is 58.4 Å². The maximum absolute atomic E-state index is 10.9. The molecule has 0 heterocycles. The highest BCUT2D eigenvalue weighted by Crippen LogP contribution is 2.42. The van der Waals surface area contributed by atoms with Crippen molar-refractivity contribution in [3.05, 3.63) is 69.7 Å². The highest BCUT2D eigenvalue weighted by Gasteiger charge is 2.17. The molecule has 0 amide bonds. The molecule has 186 valence electrons. The van der Waals surface area contributed by atoms with Crippen LogP contribution in [0.3, 0.4) is 0 Å². The second-order valence-electron chi connectivity index (χ2n) is 8.31. The molecule has 2 aromatic rings. The zero-order chi connectivity index (χ0) is 24.6. The molecule has 2 rings (SSSR count). The highest BCUT2D eigenvalue weighted by molar-refractivity contribution is 9.10. The van der Waals surface area contributed by atoms with Gasteiger partial charge in [0.1, 0.15) is 0 Å². The maximum atomic E-state index is 10.9. The predicted molar refractivity (Wildman–Crippen MR) is 148 cm³/mol. The third-order valence-electron chi connectivity index (χ3n) is 5.55. The topological polar surface area (TPSA) is 74.6 Å². The molecule has 0 unspecified atom stereocenters. The van der Waals surface area contributed by atoms with Crippen LogP contribution in [0.25, 0.3) is 0 Å². The molecule has 0 aliphatic rings. The minimum atomic E-state index is -0.799. The fraction of sp³-hybridized carbons (Fsp3) is 0.481. The van der Waals surface area contributed by atoms with Gasteiger partial charge in [-0.05, 0) is 54.5 Å². The van der Waals surface area contributed by atoms with Crippen molar-refractivity contribution in [2.45, 2.75) is 68.8 Å². The summed E-state index contributed by atoms with van der Waals surface area (Å²) in [7, 11) is 0. The van der Waals surface area contributed by atoms with Crippen LogP contribution in [0.1, 0.15) is 72.6 Å². The number of thioether (sulfide) groups is 2. The standard InChI is InChI=1S/C27H35BrO4S2/c28-23-15-13-21(14-16-23)9-5-3-1-2-4-6-10-22-11-7-8-12-24(22)27(33-19-17-25(29)30)34-20-18-26(31)32/h7-8,11-16,27H,1-6,9-10,17-20H2,(H,29,30)(H,31,32). The second kappa shape index (κ2) is 17.1. The van der Waals surface area contributed by atoms with Crippen LogP contribution in [-0.4, -0.2) is 33.7 Å².